The number of benzene rings is 2. The number of hydrogen-bond donors (Lipinski definition) is 1. The van der Waals surface area contributed by atoms with Gasteiger partial charge in [-0.15, -0.1) is 0 Å². The van der Waals surface area contributed by atoms with Crippen LogP contribution >= 0.6 is 0 Å². The third-order valence-corrected chi connectivity index (χ3v) is 7.88. The van der Waals surface area contributed by atoms with Crippen molar-refractivity contribution in [3.05, 3.63) is 70.8 Å². The molecule has 2 unspecified atom stereocenters. The predicted molar refractivity (Wildman–Crippen MR) is 116 cm³/mol. The average molecular weight is 444 g/mol. The van der Waals surface area contributed by atoms with E-state index >= 15 is 0 Å². The molecule has 0 radical (unpaired) electrons. The highest BCUT2D eigenvalue weighted by atomic mass is 19.4. The summed E-state index contributed by atoms with van der Waals surface area (Å²) >= 11 is 0. The number of nitrogens with zero attached hydrogens (tertiary/aromatic N) is 1. The van der Waals surface area contributed by atoms with E-state index in [0.29, 0.717) is 18.3 Å². The Labute approximate surface area is 186 Å². The van der Waals surface area contributed by atoms with E-state index < -0.39 is 17.7 Å². The number of carboxylic acid groups (broad SMARTS) is 1. The Bertz CT molecular complexity index is 956. The van der Waals surface area contributed by atoms with Crippen molar-refractivity contribution in [2.75, 3.05) is 13.1 Å². The van der Waals surface area contributed by atoms with Gasteiger partial charge in [-0.1, -0.05) is 36.4 Å². The average Bonchev–Trinajstić information content (AvgIpc) is 3.03. The molecule has 0 spiro atoms. The summed E-state index contributed by atoms with van der Waals surface area (Å²) in [7, 11) is 0. The Hall–Kier alpha value is -2.34. The molecule has 1 aliphatic heterocycles. The quantitative estimate of drug-likeness (QED) is 0.628. The highest BCUT2D eigenvalue weighted by molar-refractivity contribution is 5.67. The lowest BCUT2D eigenvalue weighted by molar-refractivity contribution is -0.139. The maximum atomic E-state index is 13.1. The molecule has 2 aromatic rings. The molecule has 3 aliphatic rings. The molecule has 1 saturated heterocycles. The van der Waals surface area contributed by atoms with Crippen molar-refractivity contribution >= 4 is 5.97 Å². The van der Waals surface area contributed by atoms with Crippen molar-refractivity contribution in [1.82, 2.24) is 4.90 Å². The summed E-state index contributed by atoms with van der Waals surface area (Å²) in [5.41, 5.74) is 3.16. The van der Waals surface area contributed by atoms with Crippen LogP contribution in [0.2, 0.25) is 0 Å². The normalized spacial score (nSPS) is 30.2. The number of rotatable bonds is 4. The number of piperidine rings is 1. The lowest BCUT2D eigenvalue weighted by Crippen LogP contribution is -2.47. The van der Waals surface area contributed by atoms with Crippen molar-refractivity contribution in [3.8, 4) is 0 Å². The number of carboxylic acids is 1. The molecule has 170 valence electrons. The number of carbonyl (C=O) groups is 1. The van der Waals surface area contributed by atoms with Gasteiger partial charge in [-0.25, -0.2) is 0 Å². The summed E-state index contributed by atoms with van der Waals surface area (Å²) in [4.78, 5) is 13.9. The third-order valence-electron chi connectivity index (χ3n) is 7.88. The summed E-state index contributed by atoms with van der Waals surface area (Å²) in [6, 6.07) is 14.5. The summed E-state index contributed by atoms with van der Waals surface area (Å²) < 4.78 is 39.3. The zero-order valence-electron chi connectivity index (χ0n) is 17.9. The second kappa shape index (κ2) is 8.22. The molecule has 2 bridgehead atoms. The molecule has 2 aliphatic carbocycles. The SMILES string of the molecule is O=C(O)C[C@@H]1CC[C@@H](N2CC3CC(C2)c2ccccc23)[C@H](c2ccc(C(F)(F)F)cc2)C1. The fourth-order valence-electron chi connectivity index (χ4n) is 6.50. The van der Waals surface area contributed by atoms with Gasteiger partial charge in [-0.05, 0) is 78.2 Å². The predicted octanol–water partition coefficient (Wildman–Crippen LogP) is 6.02. The number of alkyl halides is 3. The number of likely N-dealkylation sites (tertiary alicyclic amines) is 1. The van der Waals surface area contributed by atoms with Gasteiger partial charge in [-0.3, -0.25) is 9.69 Å². The molecule has 3 nitrogen and oxygen atoms in total. The second-order valence-corrected chi connectivity index (χ2v) is 9.78. The molecule has 2 fully saturated rings. The number of halogens is 3. The van der Waals surface area contributed by atoms with E-state index in [4.69, 9.17) is 0 Å². The second-order valence-electron chi connectivity index (χ2n) is 9.78. The van der Waals surface area contributed by atoms with Crippen LogP contribution in [0.15, 0.2) is 48.5 Å². The van der Waals surface area contributed by atoms with Gasteiger partial charge in [0.25, 0.3) is 0 Å². The van der Waals surface area contributed by atoms with Gasteiger partial charge in [0, 0.05) is 25.6 Å². The fourth-order valence-corrected chi connectivity index (χ4v) is 6.50. The largest absolute Gasteiger partial charge is 0.481 e. The topological polar surface area (TPSA) is 40.5 Å². The van der Waals surface area contributed by atoms with E-state index in [1.54, 1.807) is 12.1 Å². The molecular weight excluding hydrogens is 415 g/mol. The van der Waals surface area contributed by atoms with Gasteiger partial charge in [0.2, 0.25) is 0 Å². The first-order valence-electron chi connectivity index (χ1n) is 11.5. The molecule has 2 aromatic carbocycles. The van der Waals surface area contributed by atoms with Crippen molar-refractivity contribution in [2.45, 2.75) is 62.1 Å². The minimum absolute atomic E-state index is 0.0518. The van der Waals surface area contributed by atoms with E-state index in [1.807, 2.05) is 0 Å². The first-order chi connectivity index (χ1) is 15.3. The summed E-state index contributed by atoms with van der Waals surface area (Å²) in [5, 5.41) is 9.31. The van der Waals surface area contributed by atoms with E-state index in [2.05, 4.69) is 29.2 Å². The van der Waals surface area contributed by atoms with Crippen LogP contribution in [0.5, 0.6) is 0 Å². The van der Waals surface area contributed by atoms with Crippen LogP contribution in [0.1, 0.15) is 72.1 Å². The Morgan fingerprint density at radius 2 is 1.56 bits per heavy atom. The minimum atomic E-state index is -4.35. The minimum Gasteiger partial charge on any atom is -0.481 e. The molecule has 1 heterocycles. The zero-order chi connectivity index (χ0) is 22.5. The van der Waals surface area contributed by atoms with Crippen molar-refractivity contribution in [2.24, 2.45) is 5.92 Å². The van der Waals surface area contributed by atoms with E-state index in [-0.39, 0.29) is 24.3 Å². The highest BCUT2D eigenvalue weighted by Gasteiger charge is 2.43. The Kier molecular flexibility index (Phi) is 5.52. The molecule has 5 rings (SSSR count). The lowest BCUT2D eigenvalue weighted by Gasteiger charge is -2.46. The van der Waals surface area contributed by atoms with Crippen molar-refractivity contribution in [3.63, 3.8) is 0 Å². The van der Waals surface area contributed by atoms with Crippen LogP contribution in [0.4, 0.5) is 13.2 Å². The molecule has 6 heteroatoms. The summed E-state index contributed by atoms with van der Waals surface area (Å²) in [6.07, 6.45) is -0.600. The van der Waals surface area contributed by atoms with Crippen LogP contribution in [-0.4, -0.2) is 35.1 Å². The first kappa shape index (κ1) is 21.5. The van der Waals surface area contributed by atoms with Gasteiger partial charge in [0.15, 0.2) is 0 Å². The maximum absolute atomic E-state index is 13.1. The molecular formula is C26H28F3NO2. The zero-order valence-corrected chi connectivity index (χ0v) is 17.9. The standard InChI is InChI=1S/C26H28F3NO2/c27-26(28,29)20-8-6-17(7-9-20)23-11-16(12-25(31)32)5-10-24(23)30-14-18-13-19(15-30)22-4-2-1-3-21(18)22/h1-4,6-9,16,18-19,23-24H,5,10-15H2,(H,31,32)/t16-,18?,19?,23+,24-/m1/s1. The van der Waals surface area contributed by atoms with Crippen LogP contribution in [-0.2, 0) is 11.0 Å². The van der Waals surface area contributed by atoms with Gasteiger partial charge >= 0.3 is 12.1 Å². The van der Waals surface area contributed by atoms with E-state index in [1.165, 1.54) is 29.7 Å². The molecule has 0 aromatic heterocycles. The van der Waals surface area contributed by atoms with Gasteiger partial charge < -0.3 is 5.11 Å². The fraction of sp³-hybridized carbons (Fsp3) is 0.500. The molecule has 1 saturated carbocycles. The van der Waals surface area contributed by atoms with Gasteiger partial charge in [0.05, 0.1) is 5.56 Å². The number of fused-ring (bicyclic) bond motifs is 5. The van der Waals surface area contributed by atoms with Gasteiger partial charge in [-0.2, -0.15) is 13.2 Å². The number of hydrogen-bond acceptors (Lipinski definition) is 2. The molecule has 0 amide bonds. The third kappa shape index (κ3) is 4.05. The summed E-state index contributed by atoms with van der Waals surface area (Å²) in [5.74, 6) is 0.335. The maximum Gasteiger partial charge on any atom is 0.416 e. The smallest absolute Gasteiger partial charge is 0.416 e. The van der Waals surface area contributed by atoms with E-state index in [9.17, 15) is 23.1 Å². The van der Waals surface area contributed by atoms with Crippen LogP contribution < -0.4 is 0 Å². The molecule has 32 heavy (non-hydrogen) atoms. The first-order valence-corrected chi connectivity index (χ1v) is 11.5. The van der Waals surface area contributed by atoms with Gasteiger partial charge in [0.1, 0.15) is 0 Å². The molecule has 5 atom stereocenters. The monoisotopic (exact) mass is 443 g/mol. The lowest BCUT2D eigenvalue weighted by atomic mass is 9.72. The Morgan fingerprint density at radius 1 is 0.938 bits per heavy atom. The Balaban J connectivity index is 1.41. The van der Waals surface area contributed by atoms with Crippen LogP contribution in [0.3, 0.4) is 0 Å². The highest BCUT2D eigenvalue weighted by Crippen LogP contribution is 2.49. The van der Waals surface area contributed by atoms with Crippen LogP contribution in [0, 0.1) is 5.92 Å². The van der Waals surface area contributed by atoms with E-state index in [0.717, 1.165) is 31.5 Å². The van der Waals surface area contributed by atoms with Crippen molar-refractivity contribution in [1.29, 1.82) is 0 Å². The summed E-state index contributed by atoms with van der Waals surface area (Å²) in [6.45, 7) is 1.94. The molecule has 1 N–H and O–H groups in total. The van der Waals surface area contributed by atoms with Crippen LogP contribution in [0.25, 0.3) is 0 Å². The Morgan fingerprint density at radius 3 is 2.12 bits per heavy atom. The van der Waals surface area contributed by atoms with Crippen molar-refractivity contribution < 1.29 is 23.1 Å². The number of aliphatic carboxylic acids is 1.